The Bertz CT molecular complexity index is 496. The minimum absolute atomic E-state index is 0.230. The molecule has 0 aliphatic heterocycles. The third-order valence-corrected chi connectivity index (χ3v) is 3.34. The van der Waals surface area contributed by atoms with E-state index in [9.17, 15) is 9.59 Å². The van der Waals surface area contributed by atoms with Gasteiger partial charge in [0.1, 0.15) is 6.54 Å². The second-order valence-corrected chi connectivity index (χ2v) is 5.11. The highest BCUT2D eigenvalue weighted by atomic mass is 16.5. The van der Waals surface area contributed by atoms with Gasteiger partial charge in [0.25, 0.3) is 5.91 Å². The Kier molecular flexibility index (Phi) is 4.74. The van der Waals surface area contributed by atoms with Crippen LogP contribution < -0.4 is 0 Å². The minimum atomic E-state index is -0.983. The molecule has 1 amide bonds. The Morgan fingerprint density at radius 2 is 2.05 bits per heavy atom. The van der Waals surface area contributed by atoms with Crippen molar-refractivity contribution >= 4 is 11.9 Å². The molecule has 1 aromatic carbocycles. The minimum Gasteiger partial charge on any atom is -0.480 e. The summed E-state index contributed by atoms with van der Waals surface area (Å²) >= 11 is 0. The summed E-state index contributed by atoms with van der Waals surface area (Å²) < 4.78 is 5.09. The SMILES string of the molecule is COCc1ccccc1C(=O)N(CC(=O)O)CC1CC1. The van der Waals surface area contributed by atoms with Crippen molar-refractivity contribution < 1.29 is 19.4 Å². The molecule has 1 aliphatic carbocycles. The first kappa shape index (κ1) is 14.5. The van der Waals surface area contributed by atoms with Crippen LogP contribution in [0.1, 0.15) is 28.8 Å². The first-order chi connectivity index (χ1) is 9.61. The zero-order valence-corrected chi connectivity index (χ0v) is 11.5. The molecule has 0 heterocycles. The maximum atomic E-state index is 12.5. The highest BCUT2D eigenvalue weighted by molar-refractivity contribution is 5.97. The summed E-state index contributed by atoms with van der Waals surface area (Å²) in [5.41, 5.74) is 1.31. The lowest BCUT2D eigenvalue weighted by Gasteiger charge is -2.22. The molecule has 1 aromatic rings. The molecule has 1 aliphatic rings. The van der Waals surface area contributed by atoms with Gasteiger partial charge in [-0.05, 0) is 30.4 Å². The topological polar surface area (TPSA) is 66.8 Å². The van der Waals surface area contributed by atoms with Gasteiger partial charge in [-0.15, -0.1) is 0 Å². The van der Waals surface area contributed by atoms with Crippen LogP contribution in [-0.4, -0.2) is 42.1 Å². The van der Waals surface area contributed by atoms with Gasteiger partial charge in [-0.1, -0.05) is 18.2 Å². The fourth-order valence-electron chi connectivity index (χ4n) is 2.18. The number of carbonyl (C=O) groups excluding carboxylic acids is 1. The van der Waals surface area contributed by atoms with Gasteiger partial charge < -0.3 is 14.7 Å². The van der Waals surface area contributed by atoms with Gasteiger partial charge in [0, 0.05) is 19.2 Å². The van der Waals surface area contributed by atoms with Crippen LogP contribution in [0.2, 0.25) is 0 Å². The van der Waals surface area contributed by atoms with Crippen LogP contribution in [0.4, 0.5) is 0 Å². The molecule has 1 saturated carbocycles. The average molecular weight is 277 g/mol. The van der Waals surface area contributed by atoms with E-state index in [4.69, 9.17) is 9.84 Å². The van der Waals surface area contributed by atoms with E-state index < -0.39 is 5.97 Å². The van der Waals surface area contributed by atoms with Crippen molar-refractivity contribution in [2.24, 2.45) is 5.92 Å². The maximum Gasteiger partial charge on any atom is 0.323 e. The number of benzene rings is 1. The van der Waals surface area contributed by atoms with Gasteiger partial charge in [-0.3, -0.25) is 9.59 Å². The molecule has 20 heavy (non-hydrogen) atoms. The highest BCUT2D eigenvalue weighted by Gasteiger charge is 2.29. The van der Waals surface area contributed by atoms with E-state index in [1.54, 1.807) is 19.2 Å². The average Bonchev–Trinajstić information content (AvgIpc) is 3.22. The number of carbonyl (C=O) groups is 2. The number of hydrogen-bond acceptors (Lipinski definition) is 3. The Morgan fingerprint density at radius 3 is 2.65 bits per heavy atom. The predicted octanol–water partition coefficient (Wildman–Crippen LogP) is 1.77. The Balaban J connectivity index is 2.18. The van der Waals surface area contributed by atoms with E-state index in [1.807, 2.05) is 12.1 Å². The normalized spacial score (nSPS) is 14.1. The molecule has 1 N–H and O–H groups in total. The fraction of sp³-hybridized carbons (Fsp3) is 0.467. The second kappa shape index (κ2) is 6.52. The molecule has 0 saturated heterocycles. The Morgan fingerprint density at radius 1 is 1.35 bits per heavy atom. The molecule has 0 aromatic heterocycles. The van der Waals surface area contributed by atoms with Crippen molar-refractivity contribution in [2.45, 2.75) is 19.4 Å². The monoisotopic (exact) mass is 277 g/mol. The molecular weight excluding hydrogens is 258 g/mol. The number of carboxylic acid groups (broad SMARTS) is 1. The van der Waals surface area contributed by atoms with E-state index in [0.717, 1.165) is 18.4 Å². The molecule has 5 heteroatoms. The molecule has 2 rings (SSSR count). The number of ether oxygens (including phenoxy) is 1. The number of hydrogen-bond donors (Lipinski definition) is 1. The Hall–Kier alpha value is -1.88. The summed E-state index contributed by atoms with van der Waals surface area (Å²) in [6.45, 7) is 0.607. The van der Waals surface area contributed by atoms with Crippen LogP contribution in [-0.2, 0) is 16.1 Å². The first-order valence-electron chi connectivity index (χ1n) is 6.69. The third-order valence-electron chi connectivity index (χ3n) is 3.34. The van der Waals surface area contributed by atoms with Gasteiger partial charge in [-0.2, -0.15) is 0 Å². The van der Waals surface area contributed by atoms with Gasteiger partial charge >= 0.3 is 5.97 Å². The summed E-state index contributed by atoms with van der Waals surface area (Å²) in [7, 11) is 1.57. The van der Waals surface area contributed by atoms with Gasteiger partial charge in [0.2, 0.25) is 0 Å². The lowest BCUT2D eigenvalue weighted by molar-refractivity contribution is -0.137. The number of carboxylic acids is 1. The predicted molar refractivity (Wildman–Crippen MR) is 73.4 cm³/mol. The summed E-state index contributed by atoms with van der Waals surface area (Å²) in [5.74, 6) is -0.761. The standard InChI is InChI=1S/C15H19NO4/c1-20-10-12-4-2-3-5-13(12)15(19)16(9-14(17)18)8-11-6-7-11/h2-5,11H,6-10H2,1H3,(H,17,18). The molecule has 1 fully saturated rings. The summed E-state index contributed by atoms with van der Waals surface area (Å²) in [6, 6.07) is 7.17. The van der Waals surface area contributed by atoms with E-state index in [1.165, 1.54) is 4.90 Å². The van der Waals surface area contributed by atoms with Gasteiger partial charge in [-0.25, -0.2) is 0 Å². The van der Waals surface area contributed by atoms with Crippen LogP contribution in [0.3, 0.4) is 0 Å². The van der Waals surface area contributed by atoms with Crippen molar-refractivity contribution in [2.75, 3.05) is 20.2 Å². The molecule has 0 bridgehead atoms. The van der Waals surface area contributed by atoms with E-state index in [0.29, 0.717) is 24.6 Å². The van der Waals surface area contributed by atoms with Crippen LogP contribution in [0.5, 0.6) is 0 Å². The second-order valence-electron chi connectivity index (χ2n) is 5.11. The summed E-state index contributed by atoms with van der Waals surface area (Å²) in [6.07, 6.45) is 2.15. The van der Waals surface area contributed by atoms with E-state index in [-0.39, 0.29) is 12.5 Å². The van der Waals surface area contributed by atoms with Crippen molar-refractivity contribution in [3.8, 4) is 0 Å². The van der Waals surface area contributed by atoms with E-state index in [2.05, 4.69) is 0 Å². The number of aliphatic carboxylic acids is 1. The molecule has 108 valence electrons. The maximum absolute atomic E-state index is 12.5. The van der Waals surface area contributed by atoms with Gasteiger partial charge in [0.15, 0.2) is 0 Å². The molecule has 0 radical (unpaired) electrons. The number of methoxy groups -OCH3 is 1. The zero-order valence-electron chi connectivity index (χ0n) is 11.5. The molecular formula is C15H19NO4. The zero-order chi connectivity index (χ0) is 14.5. The lowest BCUT2D eigenvalue weighted by atomic mass is 10.1. The smallest absolute Gasteiger partial charge is 0.323 e. The number of rotatable bonds is 7. The third kappa shape index (κ3) is 3.81. The molecule has 0 atom stereocenters. The number of amides is 1. The summed E-state index contributed by atoms with van der Waals surface area (Å²) in [5, 5.41) is 8.97. The van der Waals surface area contributed by atoms with Crippen molar-refractivity contribution in [1.29, 1.82) is 0 Å². The van der Waals surface area contributed by atoms with Crippen molar-refractivity contribution in [1.82, 2.24) is 4.90 Å². The summed E-state index contributed by atoms with van der Waals surface area (Å²) in [4.78, 5) is 24.9. The largest absolute Gasteiger partial charge is 0.480 e. The quantitative estimate of drug-likeness (QED) is 0.825. The highest BCUT2D eigenvalue weighted by Crippen LogP contribution is 2.30. The molecule has 5 nitrogen and oxygen atoms in total. The van der Waals surface area contributed by atoms with Crippen molar-refractivity contribution in [3.63, 3.8) is 0 Å². The Labute approximate surface area is 118 Å². The van der Waals surface area contributed by atoms with Crippen LogP contribution in [0.25, 0.3) is 0 Å². The van der Waals surface area contributed by atoms with Crippen molar-refractivity contribution in [3.05, 3.63) is 35.4 Å². The van der Waals surface area contributed by atoms with Gasteiger partial charge in [0.05, 0.1) is 6.61 Å². The first-order valence-corrected chi connectivity index (χ1v) is 6.69. The van der Waals surface area contributed by atoms with Crippen LogP contribution >= 0.6 is 0 Å². The van der Waals surface area contributed by atoms with Crippen LogP contribution in [0, 0.1) is 5.92 Å². The lowest BCUT2D eigenvalue weighted by Crippen LogP contribution is -2.37. The van der Waals surface area contributed by atoms with E-state index >= 15 is 0 Å². The molecule has 0 unspecified atom stereocenters. The van der Waals surface area contributed by atoms with Crippen LogP contribution in [0.15, 0.2) is 24.3 Å². The molecule has 0 spiro atoms. The fourth-order valence-corrected chi connectivity index (χ4v) is 2.18. The number of nitrogens with zero attached hydrogens (tertiary/aromatic N) is 1.